The molecule has 154 valence electrons. The van der Waals surface area contributed by atoms with Gasteiger partial charge in [-0.25, -0.2) is 0 Å². The molecular weight excluding hydrogens is 324 g/mol. The van der Waals surface area contributed by atoms with Gasteiger partial charge in [-0.2, -0.15) is 0 Å². The standard InChI is InChI=1S/C27H46/c1-2-20-27(21-10-9-15-26(27)24-13-7-4-8-14-24)25-18-16-23(17-19-25)22-11-5-3-6-12-22/h3,5,22-26H,2,4,6-21H2,1H3. The third-order valence-corrected chi connectivity index (χ3v) is 9.64. The van der Waals surface area contributed by atoms with Gasteiger partial charge in [-0.15, -0.1) is 0 Å². The Hall–Kier alpha value is -0.260. The van der Waals surface area contributed by atoms with Crippen molar-refractivity contribution in [2.75, 3.05) is 0 Å². The molecular formula is C27H46. The summed E-state index contributed by atoms with van der Waals surface area (Å²) < 4.78 is 0. The van der Waals surface area contributed by atoms with Gasteiger partial charge >= 0.3 is 0 Å². The van der Waals surface area contributed by atoms with Crippen LogP contribution < -0.4 is 0 Å². The van der Waals surface area contributed by atoms with Gasteiger partial charge in [0, 0.05) is 0 Å². The van der Waals surface area contributed by atoms with Crippen LogP contribution in [0.15, 0.2) is 12.2 Å². The summed E-state index contributed by atoms with van der Waals surface area (Å²) in [6.07, 6.45) is 32.4. The lowest BCUT2D eigenvalue weighted by Gasteiger charge is -2.55. The highest BCUT2D eigenvalue weighted by molar-refractivity contribution is 5.00. The number of rotatable bonds is 5. The minimum Gasteiger partial charge on any atom is -0.0885 e. The molecule has 0 saturated heterocycles. The van der Waals surface area contributed by atoms with E-state index in [9.17, 15) is 0 Å². The average Bonchev–Trinajstić information content (AvgIpc) is 2.76. The Labute approximate surface area is 170 Å². The summed E-state index contributed by atoms with van der Waals surface area (Å²) in [6.45, 7) is 2.48. The minimum absolute atomic E-state index is 0.743. The molecule has 0 amide bonds. The first-order valence-electron chi connectivity index (χ1n) is 13.0. The fourth-order valence-electron chi connectivity index (χ4n) is 8.43. The normalized spacial score (nSPS) is 41.5. The molecule has 0 nitrogen and oxygen atoms in total. The number of hydrogen-bond acceptors (Lipinski definition) is 0. The Balaban J connectivity index is 1.46. The van der Waals surface area contributed by atoms with Crippen molar-refractivity contribution in [2.24, 2.45) is 35.0 Å². The molecule has 0 N–H and O–H groups in total. The molecule has 0 aromatic carbocycles. The summed E-state index contributed by atoms with van der Waals surface area (Å²) in [5.41, 5.74) is 0.743. The van der Waals surface area contributed by atoms with Gasteiger partial charge in [0.25, 0.3) is 0 Å². The van der Waals surface area contributed by atoms with E-state index in [1.807, 2.05) is 0 Å². The summed E-state index contributed by atoms with van der Waals surface area (Å²) in [7, 11) is 0. The van der Waals surface area contributed by atoms with Crippen molar-refractivity contribution in [2.45, 2.75) is 122 Å². The molecule has 4 aliphatic rings. The maximum atomic E-state index is 2.49. The average molecular weight is 371 g/mol. The molecule has 0 aromatic heterocycles. The van der Waals surface area contributed by atoms with Gasteiger partial charge < -0.3 is 0 Å². The molecule has 27 heavy (non-hydrogen) atoms. The highest BCUT2D eigenvalue weighted by Gasteiger charge is 2.49. The Morgan fingerprint density at radius 1 is 0.704 bits per heavy atom. The molecule has 0 heterocycles. The zero-order valence-corrected chi connectivity index (χ0v) is 18.3. The van der Waals surface area contributed by atoms with Crippen LogP contribution in [0.3, 0.4) is 0 Å². The van der Waals surface area contributed by atoms with Gasteiger partial charge in [-0.3, -0.25) is 0 Å². The SMILES string of the molecule is CCCC1(C2CCC(C3CC=CCC3)CC2)CCCCC1C1CCCCC1. The molecule has 0 bridgehead atoms. The molecule has 4 rings (SSSR count). The van der Waals surface area contributed by atoms with Crippen molar-refractivity contribution in [1.29, 1.82) is 0 Å². The third kappa shape index (κ3) is 4.35. The van der Waals surface area contributed by atoms with Gasteiger partial charge in [-0.05, 0) is 99.2 Å². The minimum atomic E-state index is 0.743. The molecule has 3 saturated carbocycles. The predicted molar refractivity (Wildman–Crippen MR) is 118 cm³/mol. The monoisotopic (exact) mass is 370 g/mol. The van der Waals surface area contributed by atoms with Crippen molar-refractivity contribution < 1.29 is 0 Å². The van der Waals surface area contributed by atoms with Crippen LogP contribution in [0.4, 0.5) is 0 Å². The smallest absolute Gasteiger partial charge is 0.0238 e. The molecule has 0 aliphatic heterocycles. The molecule has 3 unspecified atom stereocenters. The van der Waals surface area contributed by atoms with Crippen molar-refractivity contribution in [3.63, 3.8) is 0 Å². The van der Waals surface area contributed by atoms with Crippen LogP contribution in [-0.4, -0.2) is 0 Å². The molecule has 0 spiro atoms. The van der Waals surface area contributed by atoms with E-state index in [2.05, 4.69) is 19.1 Å². The van der Waals surface area contributed by atoms with E-state index in [0.717, 1.165) is 35.0 Å². The van der Waals surface area contributed by atoms with Crippen molar-refractivity contribution >= 4 is 0 Å². The largest absolute Gasteiger partial charge is 0.0885 e. The summed E-state index contributed by atoms with van der Waals surface area (Å²) in [6, 6.07) is 0. The number of hydrogen-bond donors (Lipinski definition) is 0. The highest BCUT2D eigenvalue weighted by Crippen LogP contribution is 2.59. The fourth-order valence-corrected chi connectivity index (χ4v) is 8.43. The molecule has 3 atom stereocenters. The summed E-state index contributed by atoms with van der Waals surface area (Å²) in [5, 5.41) is 0. The Morgan fingerprint density at radius 3 is 2.19 bits per heavy atom. The van der Waals surface area contributed by atoms with E-state index in [0.29, 0.717) is 0 Å². The zero-order valence-electron chi connectivity index (χ0n) is 18.3. The topological polar surface area (TPSA) is 0 Å². The fraction of sp³-hybridized carbons (Fsp3) is 0.926. The van der Waals surface area contributed by atoms with E-state index < -0.39 is 0 Å². The lowest BCUT2D eigenvalue weighted by Crippen LogP contribution is -2.46. The second-order valence-electron chi connectivity index (χ2n) is 10.9. The summed E-state index contributed by atoms with van der Waals surface area (Å²) >= 11 is 0. The first-order chi connectivity index (χ1) is 13.3. The predicted octanol–water partition coefficient (Wildman–Crippen LogP) is 8.71. The lowest BCUT2D eigenvalue weighted by atomic mass is 9.50. The first kappa shape index (κ1) is 20.0. The first-order valence-corrected chi connectivity index (χ1v) is 13.0. The van der Waals surface area contributed by atoms with E-state index in [-0.39, 0.29) is 0 Å². The second kappa shape index (κ2) is 9.49. The molecule has 0 aromatic rings. The van der Waals surface area contributed by atoms with Crippen LogP contribution in [0.1, 0.15) is 122 Å². The maximum Gasteiger partial charge on any atom is -0.0238 e. The van der Waals surface area contributed by atoms with Crippen LogP contribution in [0, 0.1) is 35.0 Å². The number of allylic oxidation sites excluding steroid dienone is 2. The Bertz CT molecular complexity index is 458. The van der Waals surface area contributed by atoms with E-state index in [1.54, 1.807) is 57.8 Å². The molecule has 0 radical (unpaired) electrons. The van der Waals surface area contributed by atoms with Crippen molar-refractivity contribution in [3.8, 4) is 0 Å². The van der Waals surface area contributed by atoms with Gasteiger partial charge in [0.15, 0.2) is 0 Å². The second-order valence-corrected chi connectivity index (χ2v) is 10.9. The van der Waals surface area contributed by atoms with Crippen LogP contribution >= 0.6 is 0 Å². The zero-order chi connectivity index (χ0) is 18.5. The summed E-state index contributed by atoms with van der Waals surface area (Å²) in [5.74, 6) is 5.33. The Kier molecular flexibility index (Phi) is 7.04. The van der Waals surface area contributed by atoms with Gasteiger partial charge in [0.1, 0.15) is 0 Å². The van der Waals surface area contributed by atoms with Crippen LogP contribution in [0.2, 0.25) is 0 Å². The Morgan fingerprint density at radius 2 is 1.48 bits per heavy atom. The van der Waals surface area contributed by atoms with Gasteiger partial charge in [-0.1, -0.05) is 70.4 Å². The van der Waals surface area contributed by atoms with Crippen LogP contribution in [0.5, 0.6) is 0 Å². The van der Waals surface area contributed by atoms with Crippen LogP contribution in [-0.2, 0) is 0 Å². The third-order valence-electron chi connectivity index (χ3n) is 9.64. The van der Waals surface area contributed by atoms with E-state index in [1.165, 1.54) is 57.8 Å². The van der Waals surface area contributed by atoms with Gasteiger partial charge in [0.2, 0.25) is 0 Å². The van der Waals surface area contributed by atoms with E-state index >= 15 is 0 Å². The summed E-state index contributed by atoms with van der Waals surface area (Å²) in [4.78, 5) is 0. The van der Waals surface area contributed by atoms with Crippen LogP contribution in [0.25, 0.3) is 0 Å². The van der Waals surface area contributed by atoms with Crippen molar-refractivity contribution in [3.05, 3.63) is 12.2 Å². The van der Waals surface area contributed by atoms with E-state index in [4.69, 9.17) is 0 Å². The maximum absolute atomic E-state index is 2.49. The molecule has 3 fully saturated rings. The van der Waals surface area contributed by atoms with Gasteiger partial charge in [0.05, 0.1) is 0 Å². The van der Waals surface area contributed by atoms with Crippen molar-refractivity contribution in [1.82, 2.24) is 0 Å². The quantitative estimate of drug-likeness (QED) is 0.424. The molecule has 0 heteroatoms. The molecule has 4 aliphatic carbocycles. The lowest BCUT2D eigenvalue weighted by molar-refractivity contribution is -0.0496. The highest BCUT2D eigenvalue weighted by atomic mass is 14.5.